The predicted molar refractivity (Wildman–Crippen MR) is 96.9 cm³/mol. The minimum atomic E-state index is -0.186. The summed E-state index contributed by atoms with van der Waals surface area (Å²) in [5.74, 6) is 0.599. The van der Waals surface area contributed by atoms with E-state index >= 15 is 0 Å². The SMILES string of the molecule is Cn1ncc(C(=O)Nc2cccc3c2OCCC3)c1-c1ccccc1. The van der Waals surface area contributed by atoms with Gasteiger partial charge in [-0.25, -0.2) is 0 Å². The largest absolute Gasteiger partial charge is 0.491 e. The molecule has 0 fully saturated rings. The molecule has 0 saturated carbocycles. The van der Waals surface area contributed by atoms with Crippen LogP contribution in [0.4, 0.5) is 5.69 Å². The summed E-state index contributed by atoms with van der Waals surface area (Å²) in [6.07, 6.45) is 3.58. The van der Waals surface area contributed by atoms with Crippen molar-refractivity contribution in [2.75, 3.05) is 11.9 Å². The van der Waals surface area contributed by atoms with Crippen LogP contribution in [-0.2, 0) is 13.5 Å². The molecule has 0 aliphatic carbocycles. The van der Waals surface area contributed by atoms with Gasteiger partial charge in [-0.3, -0.25) is 9.48 Å². The zero-order valence-electron chi connectivity index (χ0n) is 14.0. The molecular weight excluding hydrogens is 314 g/mol. The van der Waals surface area contributed by atoms with Crippen LogP contribution in [0.3, 0.4) is 0 Å². The highest BCUT2D eigenvalue weighted by Gasteiger charge is 2.20. The van der Waals surface area contributed by atoms with E-state index in [0.717, 1.165) is 35.4 Å². The first kappa shape index (κ1) is 15.4. The Morgan fingerprint density at radius 2 is 2.00 bits per heavy atom. The highest BCUT2D eigenvalue weighted by molar-refractivity contribution is 6.08. The summed E-state index contributed by atoms with van der Waals surface area (Å²) in [4.78, 5) is 12.9. The molecular formula is C20H19N3O2. The van der Waals surface area contributed by atoms with Gasteiger partial charge in [0.25, 0.3) is 5.91 Å². The van der Waals surface area contributed by atoms with Crippen LogP contribution in [-0.4, -0.2) is 22.3 Å². The highest BCUT2D eigenvalue weighted by Crippen LogP contribution is 2.33. The van der Waals surface area contributed by atoms with Crippen LogP contribution in [0.5, 0.6) is 5.75 Å². The Kier molecular flexibility index (Phi) is 3.98. The smallest absolute Gasteiger partial charge is 0.259 e. The minimum Gasteiger partial charge on any atom is -0.491 e. The Hall–Kier alpha value is -3.08. The van der Waals surface area contributed by atoms with Crippen LogP contribution in [0.1, 0.15) is 22.3 Å². The van der Waals surface area contributed by atoms with Crippen molar-refractivity contribution in [2.24, 2.45) is 7.05 Å². The maximum Gasteiger partial charge on any atom is 0.259 e. The molecule has 25 heavy (non-hydrogen) atoms. The average Bonchev–Trinajstić information content (AvgIpc) is 3.04. The van der Waals surface area contributed by atoms with Crippen molar-refractivity contribution in [2.45, 2.75) is 12.8 Å². The number of ether oxygens (including phenoxy) is 1. The third-order valence-electron chi connectivity index (χ3n) is 4.41. The molecule has 1 amide bonds. The number of aryl methyl sites for hydroxylation is 2. The van der Waals surface area contributed by atoms with Gasteiger partial charge in [0, 0.05) is 12.6 Å². The van der Waals surface area contributed by atoms with Gasteiger partial charge in [-0.1, -0.05) is 42.5 Å². The molecule has 0 radical (unpaired) electrons. The van der Waals surface area contributed by atoms with Crippen LogP contribution in [0, 0.1) is 0 Å². The van der Waals surface area contributed by atoms with Gasteiger partial charge in [-0.2, -0.15) is 5.10 Å². The van der Waals surface area contributed by atoms with Crippen molar-refractivity contribution in [3.05, 3.63) is 65.9 Å². The predicted octanol–water partition coefficient (Wildman–Crippen LogP) is 3.66. The zero-order chi connectivity index (χ0) is 17.2. The molecule has 0 saturated heterocycles. The number of anilines is 1. The van der Waals surface area contributed by atoms with Crippen molar-refractivity contribution in [3.8, 4) is 17.0 Å². The van der Waals surface area contributed by atoms with E-state index in [1.165, 1.54) is 0 Å². The number of amides is 1. The van der Waals surface area contributed by atoms with Crippen molar-refractivity contribution in [1.82, 2.24) is 9.78 Å². The zero-order valence-corrected chi connectivity index (χ0v) is 14.0. The second-order valence-corrected chi connectivity index (χ2v) is 6.10. The van der Waals surface area contributed by atoms with Crippen molar-refractivity contribution >= 4 is 11.6 Å². The van der Waals surface area contributed by atoms with Gasteiger partial charge in [-0.15, -0.1) is 0 Å². The Bertz CT molecular complexity index is 916. The fraction of sp³-hybridized carbons (Fsp3) is 0.200. The van der Waals surface area contributed by atoms with Crippen LogP contribution in [0.2, 0.25) is 0 Å². The Balaban J connectivity index is 1.68. The van der Waals surface area contributed by atoms with Crippen LogP contribution in [0.25, 0.3) is 11.3 Å². The highest BCUT2D eigenvalue weighted by atomic mass is 16.5. The molecule has 0 bridgehead atoms. The minimum absolute atomic E-state index is 0.186. The quantitative estimate of drug-likeness (QED) is 0.796. The average molecular weight is 333 g/mol. The molecule has 4 rings (SSSR count). The van der Waals surface area contributed by atoms with Crippen molar-refractivity contribution < 1.29 is 9.53 Å². The van der Waals surface area contributed by atoms with Crippen LogP contribution < -0.4 is 10.1 Å². The van der Waals surface area contributed by atoms with E-state index in [9.17, 15) is 4.79 Å². The number of carbonyl (C=O) groups excluding carboxylic acids is 1. The van der Waals surface area contributed by atoms with E-state index in [1.54, 1.807) is 10.9 Å². The third-order valence-corrected chi connectivity index (χ3v) is 4.41. The maximum atomic E-state index is 12.9. The molecule has 0 atom stereocenters. The Morgan fingerprint density at radius 3 is 2.84 bits per heavy atom. The van der Waals surface area contributed by atoms with E-state index < -0.39 is 0 Å². The second-order valence-electron chi connectivity index (χ2n) is 6.10. The van der Waals surface area contributed by atoms with Crippen molar-refractivity contribution in [1.29, 1.82) is 0 Å². The molecule has 0 spiro atoms. The van der Waals surface area contributed by atoms with Crippen LogP contribution >= 0.6 is 0 Å². The molecule has 1 aliphatic rings. The number of fused-ring (bicyclic) bond motifs is 1. The molecule has 2 aromatic carbocycles. The van der Waals surface area contributed by atoms with E-state index in [-0.39, 0.29) is 5.91 Å². The van der Waals surface area contributed by atoms with E-state index in [2.05, 4.69) is 10.4 Å². The van der Waals surface area contributed by atoms with Gasteiger partial charge in [0.1, 0.15) is 5.75 Å². The number of aromatic nitrogens is 2. The molecule has 1 N–H and O–H groups in total. The maximum absolute atomic E-state index is 12.9. The summed E-state index contributed by atoms with van der Waals surface area (Å²) in [6, 6.07) is 15.7. The number of hydrogen-bond acceptors (Lipinski definition) is 3. The third kappa shape index (κ3) is 2.89. The number of nitrogens with one attached hydrogen (secondary N) is 1. The summed E-state index contributed by atoms with van der Waals surface area (Å²) >= 11 is 0. The van der Waals surface area contributed by atoms with E-state index in [4.69, 9.17) is 4.74 Å². The van der Waals surface area contributed by atoms with Crippen molar-refractivity contribution in [3.63, 3.8) is 0 Å². The fourth-order valence-electron chi connectivity index (χ4n) is 3.22. The van der Waals surface area contributed by atoms with E-state index in [1.807, 2.05) is 55.6 Å². The number of hydrogen-bond donors (Lipinski definition) is 1. The molecule has 1 aromatic heterocycles. The summed E-state index contributed by atoms with van der Waals surface area (Å²) in [6.45, 7) is 0.683. The first-order valence-electron chi connectivity index (χ1n) is 8.37. The summed E-state index contributed by atoms with van der Waals surface area (Å²) in [5.41, 5.74) is 4.15. The monoisotopic (exact) mass is 333 g/mol. The summed E-state index contributed by atoms with van der Waals surface area (Å²) in [7, 11) is 1.84. The van der Waals surface area contributed by atoms with E-state index in [0.29, 0.717) is 17.9 Å². The molecule has 2 heterocycles. The van der Waals surface area contributed by atoms with Gasteiger partial charge in [0.15, 0.2) is 0 Å². The van der Waals surface area contributed by atoms with Crippen LogP contribution in [0.15, 0.2) is 54.7 Å². The lowest BCUT2D eigenvalue weighted by Gasteiger charge is -2.20. The number of nitrogens with zero attached hydrogens (tertiary/aromatic N) is 2. The van der Waals surface area contributed by atoms with Gasteiger partial charge >= 0.3 is 0 Å². The van der Waals surface area contributed by atoms with Gasteiger partial charge in [-0.05, 0) is 24.5 Å². The lowest BCUT2D eigenvalue weighted by Crippen LogP contribution is -2.16. The fourth-order valence-corrected chi connectivity index (χ4v) is 3.22. The molecule has 126 valence electrons. The lowest BCUT2D eigenvalue weighted by atomic mass is 10.0. The normalized spacial score (nSPS) is 13.0. The molecule has 1 aliphatic heterocycles. The number of carbonyl (C=O) groups is 1. The standard InChI is InChI=1S/C20H19N3O2/c1-23-18(14-7-3-2-4-8-14)16(13-21-23)20(24)22-17-11-5-9-15-10-6-12-25-19(15)17/h2-5,7-9,11,13H,6,10,12H2,1H3,(H,22,24). The second kappa shape index (κ2) is 6.43. The Labute approximate surface area is 146 Å². The lowest BCUT2D eigenvalue weighted by molar-refractivity contribution is 0.102. The molecule has 0 unspecified atom stereocenters. The topological polar surface area (TPSA) is 56.2 Å². The molecule has 5 heteroatoms. The summed E-state index contributed by atoms with van der Waals surface area (Å²) in [5, 5.41) is 7.26. The first-order chi connectivity index (χ1) is 12.2. The molecule has 3 aromatic rings. The number of para-hydroxylation sites is 1. The number of benzene rings is 2. The van der Waals surface area contributed by atoms with Gasteiger partial charge < -0.3 is 10.1 Å². The summed E-state index contributed by atoms with van der Waals surface area (Å²) < 4.78 is 7.50. The molecule has 5 nitrogen and oxygen atoms in total. The number of rotatable bonds is 3. The van der Waals surface area contributed by atoms with Gasteiger partial charge in [0.2, 0.25) is 0 Å². The first-order valence-corrected chi connectivity index (χ1v) is 8.37. The van der Waals surface area contributed by atoms with Gasteiger partial charge in [0.05, 0.1) is 29.7 Å². The Morgan fingerprint density at radius 1 is 1.16 bits per heavy atom.